The fourth-order valence-corrected chi connectivity index (χ4v) is 9.59. The molecule has 308 valence electrons. The smallest absolute Gasteiger partial charge is 0.434 e. The molecule has 3 aliphatic rings. The molecular weight excluding hydrogens is 784 g/mol. The highest BCUT2D eigenvalue weighted by Gasteiger charge is 2.63. The highest BCUT2D eigenvalue weighted by atomic mass is 32.2. The molecule has 2 N–H and O–H groups in total. The van der Waals surface area contributed by atoms with Gasteiger partial charge in [-0.15, -0.1) is 24.5 Å². The van der Waals surface area contributed by atoms with Gasteiger partial charge in [0.05, 0.1) is 29.4 Å². The van der Waals surface area contributed by atoms with E-state index in [1.54, 1.807) is 37.9 Å². The third kappa shape index (κ3) is 8.54. The van der Waals surface area contributed by atoms with E-state index in [1.807, 2.05) is 6.08 Å². The number of pyridine rings is 1. The highest BCUT2D eigenvalue weighted by Crippen LogP contribution is 2.48. The van der Waals surface area contributed by atoms with Crippen molar-refractivity contribution in [2.75, 3.05) is 20.7 Å². The van der Waals surface area contributed by atoms with E-state index in [9.17, 15) is 36.0 Å². The van der Waals surface area contributed by atoms with Crippen LogP contribution in [-0.2, 0) is 30.6 Å². The van der Waals surface area contributed by atoms with Crippen molar-refractivity contribution in [2.45, 2.75) is 94.2 Å². The number of amides is 3. The summed E-state index contributed by atoms with van der Waals surface area (Å²) in [6.45, 7) is 11.3. The number of halogens is 3. The highest BCUT2D eigenvalue weighted by molar-refractivity contribution is 7.91. The van der Waals surface area contributed by atoms with E-state index in [0.717, 1.165) is 36.0 Å². The molecule has 12 nitrogen and oxygen atoms in total. The summed E-state index contributed by atoms with van der Waals surface area (Å²) < 4.78 is 80.0. The summed E-state index contributed by atoms with van der Waals surface area (Å²) in [5, 5.41) is 4.35. The second-order valence-corrected chi connectivity index (χ2v) is 18.6. The Kier molecular flexibility index (Phi) is 11.8. The standard InChI is InChI=1S/C40H48F3N5O7S2/c1-7-9-10-11-18-48(5)36(50)26-13-12-25(19-28(26)34(49)46-39(21-24(39)8-2)37(51)47-57(52,53)38(4)16-17-38)55-31-20-29(35-45-32(22-56-35)40(41,42)43)44-33-23(3)30(54-6)15-14-27(31)33/h7-8,14-15,20,22,24-26,28H,1-2,9-13,16-19,21H2,3-6H3,(H,46,49)(H,47,51)/t24-,25+,26-,28-,39-/m1/s1. The minimum absolute atomic E-state index is 0.0291. The lowest BCUT2D eigenvalue weighted by Crippen LogP contribution is -2.56. The average Bonchev–Trinajstić information content (AvgIpc) is 4.04. The van der Waals surface area contributed by atoms with Gasteiger partial charge >= 0.3 is 6.18 Å². The number of carbonyl (C=O) groups excluding carboxylic acids is 3. The van der Waals surface area contributed by atoms with Crippen molar-refractivity contribution in [1.82, 2.24) is 24.9 Å². The van der Waals surface area contributed by atoms with Gasteiger partial charge in [0, 0.05) is 47.8 Å². The number of sulfonamides is 1. The van der Waals surface area contributed by atoms with Crippen LogP contribution >= 0.6 is 11.3 Å². The van der Waals surface area contributed by atoms with Gasteiger partial charge in [-0.25, -0.2) is 18.4 Å². The van der Waals surface area contributed by atoms with Crippen LogP contribution in [0.5, 0.6) is 11.5 Å². The quantitative estimate of drug-likeness (QED) is 0.118. The first-order valence-electron chi connectivity index (χ1n) is 18.9. The van der Waals surface area contributed by atoms with E-state index < -0.39 is 67.9 Å². The Bertz CT molecular complexity index is 2190. The van der Waals surface area contributed by atoms with Gasteiger partial charge < -0.3 is 19.7 Å². The molecule has 0 aliphatic heterocycles. The molecule has 0 saturated heterocycles. The van der Waals surface area contributed by atoms with Gasteiger partial charge in [-0.3, -0.25) is 19.1 Å². The number of thiazole rings is 1. The van der Waals surface area contributed by atoms with Crippen molar-refractivity contribution in [2.24, 2.45) is 17.8 Å². The lowest BCUT2D eigenvalue weighted by atomic mass is 9.76. The van der Waals surface area contributed by atoms with Crippen molar-refractivity contribution < 1.29 is 45.4 Å². The first-order valence-corrected chi connectivity index (χ1v) is 21.3. The van der Waals surface area contributed by atoms with E-state index in [0.29, 0.717) is 53.8 Å². The van der Waals surface area contributed by atoms with Gasteiger partial charge in [0.2, 0.25) is 21.8 Å². The number of hydrogen-bond acceptors (Lipinski definition) is 10. The summed E-state index contributed by atoms with van der Waals surface area (Å²) in [7, 11) is -0.833. The van der Waals surface area contributed by atoms with E-state index >= 15 is 0 Å². The molecule has 57 heavy (non-hydrogen) atoms. The van der Waals surface area contributed by atoms with E-state index in [1.165, 1.54) is 19.3 Å². The fourth-order valence-electron chi connectivity index (χ4n) is 7.49. The predicted molar refractivity (Wildman–Crippen MR) is 210 cm³/mol. The first-order chi connectivity index (χ1) is 26.9. The lowest BCUT2D eigenvalue weighted by Gasteiger charge is -2.37. The number of allylic oxidation sites excluding steroid dienone is 1. The number of aryl methyl sites for hydroxylation is 1. The van der Waals surface area contributed by atoms with Gasteiger partial charge in [-0.2, -0.15) is 13.2 Å². The molecular formula is C40H48F3N5O7S2. The topological polar surface area (TPSA) is 157 Å². The number of benzene rings is 1. The Morgan fingerprint density at radius 1 is 1.11 bits per heavy atom. The number of nitrogens with one attached hydrogen (secondary N) is 2. The number of carbonyl (C=O) groups is 3. The molecule has 5 atom stereocenters. The van der Waals surface area contributed by atoms with Crippen molar-refractivity contribution >= 4 is 50.0 Å². The van der Waals surface area contributed by atoms with Crippen LogP contribution in [0, 0.1) is 24.7 Å². The van der Waals surface area contributed by atoms with Crippen LogP contribution in [0.2, 0.25) is 0 Å². The number of aromatic nitrogens is 2. The molecule has 3 amide bonds. The number of unbranched alkanes of at least 4 members (excludes halogenated alkanes) is 2. The zero-order valence-electron chi connectivity index (χ0n) is 32.4. The SMILES string of the molecule is C=CCCCCN(C)C(=O)[C@@H]1CC[C@H](Oc2cc(-c3nc(C(F)(F)F)cs3)nc3c(C)c(OC)ccc23)C[C@H]1C(=O)N[C@]1(C(=O)NS(=O)(=O)C2(C)CC2)C[C@H]1C=C. The van der Waals surface area contributed by atoms with E-state index in [4.69, 9.17) is 9.47 Å². The van der Waals surface area contributed by atoms with Gasteiger partial charge in [0.15, 0.2) is 5.69 Å². The number of rotatable bonds is 16. The maximum atomic E-state index is 14.4. The molecule has 6 rings (SSSR count). The monoisotopic (exact) mass is 831 g/mol. The number of hydrogen-bond donors (Lipinski definition) is 2. The zero-order chi connectivity index (χ0) is 41.5. The second kappa shape index (κ2) is 16.0. The summed E-state index contributed by atoms with van der Waals surface area (Å²) in [5.41, 5.74) is -1.41. The number of alkyl halides is 3. The van der Waals surface area contributed by atoms with Gasteiger partial charge in [0.25, 0.3) is 5.91 Å². The van der Waals surface area contributed by atoms with Crippen LogP contribution in [0.1, 0.15) is 76.0 Å². The Morgan fingerprint density at radius 2 is 1.84 bits per heavy atom. The maximum absolute atomic E-state index is 14.4. The maximum Gasteiger partial charge on any atom is 0.434 e. The molecule has 0 radical (unpaired) electrons. The van der Waals surface area contributed by atoms with Crippen molar-refractivity contribution in [3.8, 4) is 22.2 Å². The Balaban J connectivity index is 1.31. The van der Waals surface area contributed by atoms with Crippen molar-refractivity contribution in [1.29, 1.82) is 0 Å². The lowest BCUT2D eigenvalue weighted by molar-refractivity contribution is -0.145. The summed E-state index contributed by atoms with van der Waals surface area (Å²) in [5.74, 6) is -3.19. The number of ether oxygens (including phenoxy) is 2. The molecule has 3 aromatic rings. The van der Waals surface area contributed by atoms with E-state index in [-0.39, 0.29) is 35.9 Å². The molecule has 3 fully saturated rings. The minimum Gasteiger partial charge on any atom is -0.496 e. The van der Waals surface area contributed by atoms with Gasteiger partial charge in [0.1, 0.15) is 27.7 Å². The molecule has 17 heteroatoms. The Hall–Kier alpha value is -4.51. The summed E-state index contributed by atoms with van der Waals surface area (Å²) in [4.78, 5) is 52.2. The Morgan fingerprint density at radius 3 is 2.46 bits per heavy atom. The third-order valence-electron chi connectivity index (χ3n) is 11.5. The molecule has 3 saturated carbocycles. The van der Waals surface area contributed by atoms with Crippen LogP contribution in [0.15, 0.2) is 48.9 Å². The normalized spacial score (nSPS) is 23.9. The number of nitrogens with zero attached hydrogens (tertiary/aromatic N) is 3. The molecule has 0 bridgehead atoms. The zero-order valence-corrected chi connectivity index (χ0v) is 34.0. The Labute approximate surface area is 334 Å². The van der Waals surface area contributed by atoms with Crippen LogP contribution in [0.25, 0.3) is 21.6 Å². The largest absolute Gasteiger partial charge is 0.496 e. The second-order valence-electron chi connectivity index (χ2n) is 15.5. The van der Waals surface area contributed by atoms with Crippen LogP contribution in [0.4, 0.5) is 13.2 Å². The van der Waals surface area contributed by atoms with Crippen molar-refractivity contribution in [3.63, 3.8) is 0 Å². The predicted octanol–water partition coefficient (Wildman–Crippen LogP) is 6.73. The minimum atomic E-state index is -4.65. The molecule has 2 heterocycles. The molecule has 0 unspecified atom stereocenters. The number of fused-ring (bicyclic) bond motifs is 1. The molecule has 0 spiro atoms. The van der Waals surface area contributed by atoms with Crippen LogP contribution in [-0.4, -0.2) is 78.1 Å². The average molecular weight is 832 g/mol. The summed E-state index contributed by atoms with van der Waals surface area (Å²) >= 11 is 0.793. The van der Waals surface area contributed by atoms with Crippen molar-refractivity contribution in [3.05, 3.63) is 60.1 Å². The van der Waals surface area contributed by atoms with Crippen LogP contribution < -0.4 is 19.5 Å². The van der Waals surface area contributed by atoms with E-state index in [2.05, 4.69) is 33.2 Å². The summed E-state index contributed by atoms with van der Waals surface area (Å²) in [6, 6.07) is 4.99. The first kappa shape index (κ1) is 42.1. The van der Waals surface area contributed by atoms with Gasteiger partial charge in [-0.05, 0) is 83.8 Å². The molecule has 2 aromatic heterocycles. The molecule has 1 aromatic carbocycles. The van der Waals surface area contributed by atoms with Crippen LogP contribution in [0.3, 0.4) is 0 Å². The fraction of sp³-hybridized carbons (Fsp3) is 0.525. The number of methoxy groups -OCH3 is 1. The summed E-state index contributed by atoms with van der Waals surface area (Å²) in [6.07, 6.45) is 1.97. The third-order valence-corrected chi connectivity index (χ3v) is 14.6. The molecule has 3 aliphatic carbocycles. The van der Waals surface area contributed by atoms with Gasteiger partial charge in [-0.1, -0.05) is 12.2 Å².